The van der Waals surface area contributed by atoms with E-state index in [1.807, 2.05) is 43.3 Å². The molecule has 2 heterocycles. The van der Waals surface area contributed by atoms with Crippen LogP contribution in [0.3, 0.4) is 0 Å². The fraction of sp³-hybridized carbons (Fsp3) is 0.448. The molecule has 10 heteroatoms. The number of nitrogens with one attached hydrogen (secondary N) is 1. The van der Waals surface area contributed by atoms with Crippen LogP contribution in [0.15, 0.2) is 82.5 Å². The van der Waals surface area contributed by atoms with Crippen LogP contribution < -0.4 is 21.6 Å². The topological polar surface area (TPSA) is 96.8 Å². The lowest BCUT2D eigenvalue weighted by Gasteiger charge is -2.43. The van der Waals surface area contributed by atoms with Gasteiger partial charge in [0.25, 0.3) is 13.9 Å². The van der Waals surface area contributed by atoms with Gasteiger partial charge in [0.05, 0.1) is 12.6 Å². The number of aromatic nitrogens is 2. The minimum atomic E-state index is -2.97. The molecule has 0 aliphatic carbocycles. The van der Waals surface area contributed by atoms with E-state index < -0.39 is 44.1 Å². The molecule has 1 saturated heterocycles. The third kappa shape index (κ3) is 5.85. The molecule has 0 spiro atoms. The van der Waals surface area contributed by atoms with Gasteiger partial charge >= 0.3 is 5.69 Å². The molecule has 0 unspecified atom stereocenters. The van der Waals surface area contributed by atoms with Crippen LogP contribution in [0.2, 0.25) is 5.04 Å². The predicted octanol–water partition coefficient (Wildman–Crippen LogP) is 3.21. The van der Waals surface area contributed by atoms with Crippen molar-refractivity contribution in [1.29, 1.82) is 0 Å². The van der Waals surface area contributed by atoms with Gasteiger partial charge in [-0.15, -0.1) is 0 Å². The molecule has 0 bridgehead atoms. The maximum absolute atomic E-state index is 16.0. The van der Waals surface area contributed by atoms with Crippen molar-refractivity contribution in [2.24, 2.45) is 0 Å². The molecule has 1 fully saturated rings. The normalized spacial score (nSPS) is 21.9. The molecule has 1 aliphatic rings. The van der Waals surface area contributed by atoms with E-state index in [4.69, 9.17) is 9.16 Å². The molecule has 2 N–H and O–H groups in total. The molecule has 8 nitrogen and oxygen atoms in total. The molecule has 1 aromatic heterocycles. The lowest BCUT2D eigenvalue weighted by atomic mass is 10.1. The van der Waals surface area contributed by atoms with Gasteiger partial charge in [0, 0.05) is 18.8 Å². The first-order valence-corrected chi connectivity index (χ1v) is 15.3. The largest absolute Gasteiger partial charge is 0.405 e. The number of hydrogen-bond donors (Lipinski definition) is 2. The second-order valence-corrected chi connectivity index (χ2v) is 15.3. The molecule has 3 aromatic rings. The number of rotatable bonds is 10. The maximum Gasteiger partial charge on any atom is 0.330 e. The smallest absolute Gasteiger partial charge is 0.330 e. The number of nitrogens with zero attached hydrogens (tertiary/aromatic N) is 2. The Morgan fingerprint density at radius 1 is 1.05 bits per heavy atom. The molecule has 4 rings (SSSR count). The lowest BCUT2D eigenvalue weighted by molar-refractivity contribution is -0.154. The van der Waals surface area contributed by atoms with Crippen molar-refractivity contribution in [2.45, 2.75) is 70.1 Å². The summed E-state index contributed by atoms with van der Waals surface area (Å²) in [4.78, 5) is 26.3. The second kappa shape index (κ2) is 12.1. The summed E-state index contributed by atoms with van der Waals surface area (Å²) in [5.41, 5.74) is -1.36. The highest BCUT2D eigenvalue weighted by molar-refractivity contribution is 6.99. The van der Waals surface area contributed by atoms with Crippen molar-refractivity contribution in [3.05, 3.63) is 93.8 Å². The average molecular weight is 556 g/mol. The third-order valence-electron chi connectivity index (χ3n) is 7.38. The summed E-state index contributed by atoms with van der Waals surface area (Å²) in [5.74, 6) is 0. The Kier molecular flexibility index (Phi) is 9.02. The Hall–Kier alpha value is -2.89. The van der Waals surface area contributed by atoms with Crippen LogP contribution in [-0.4, -0.2) is 59.6 Å². The molecule has 1 aliphatic heterocycles. The molecular weight excluding hydrogens is 517 g/mol. The van der Waals surface area contributed by atoms with Gasteiger partial charge in [-0.05, 0) is 21.8 Å². The van der Waals surface area contributed by atoms with E-state index in [0.717, 1.165) is 32.5 Å². The summed E-state index contributed by atoms with van der Waals surface area (Å²) in [5, 5.41) is 13.7. The van der Waals surface area contributed by atoms with Crippen LogP contribution in [0, 0.1) is 0 Å². The zero-order chi connectivity index (χ0) is 28.2. The number of H-pyrrole nitrogens is 1. The molecule has 0 radical (unpaired) electrons. The van der Waals surface area contributed by atoms with Gasteiger partial charge in [-0.2, -0.15) is 5.06 Å². The van der Waals surface area contributed by atoms with Gasteiger partial charge in [0.15, 0.2) is 12.4 Å². The van der Waals surface area contributed by atoms with Crippen molar-refractivity contribution >= 4 is 18.7 Å². The van der Waals surface area contributed by atoms with Crippen LogP contribution in [-0.2, 0) is 9.16 Å². The summed E-state index contributed by atoms with van der Waals surface area (Å²) >= 11 is 0. The van der Waals surface area contributed by atoms with Gasteiger partial charge in [-0.1, -0.05) is 94.8 Å². The summed E-state index contributed by atoms with van der Waals surface area (Å²) in [6, 6.07) is 20.2. The van der Waals surface area contributed by atoms with Crippen molar-refractivity contribution in [2.75, 3.05) is 13.2 Å². The minimum Gasteiger partial charge on any atom is -0.405 e. The zero-order valence-corrected chi connectivity index (χ0v) is 23.9. The van der Waals surface area contributed by atoms with Gasteiger partial charge in [-0.25, -0.2) is 9.18 Å². The number of halogens is 1. The van der Waals surface area contributed by atoms with Gasteiger partial charge in [0.2, 0.25) is 0 Å². The number of hydrogen-bond acceptors (Lipinski definition) is 6. The summed E-state index contributed by atoms with van der Waals surface area (Å²) in [6.07, 6.45) is -1.27. The van der Waals surface area contributed by atoms with E-state index in [0.29, 0.717) is 6.42 Å². The van der Waals surface area contributed by atoms with E-state index in [1.165, 1.54) is 6.20 Å². The van der Waals surface area contributed by atoms with Crippen molar-refractivity contribution in [3.63, 3.8) is 0 Å². The first kappa shape index (κ1) is 29.1. The van der Waals surface area contributed by atoms with E-state index >= 15 is 4.39 Å². The van der Waals surface area contributed by atoms with Crippen LogP contribution in [0.4, 0.5) is 4.39 Å². The number of alkyl halides is 1. The fourth-order valence-corrected chi connectivity index (χ4v) is 10.1. The van der Waals surface area contributed by atoms with E-state index in [-0.39, 0.29) is 18.2 Å². The van der Waals surface area contributed by atoms with Crippen molar-refractivity contribution in [3.8, 4) is 0 Å². The van der Waals surface area contributed by atoms with Crippen molar-refractivity contribution in [1.82, 2.24) is 14.6 Å². The molecular formula is C29H38FN3O5Si. The molecule has 210 valence electrons. The van der Waals surface area contributed by atoms with Gasteiger partial charge < -0.3 is 14.4 Å². The van der Waals surface area contributed by atoms with Crippen LogP contribution >= 0.6 is 0 Å². The number of ether oxygens (including phenoxy) is 1. The quantitative estimate of drug-likeness (QED) is 0.295. The number of hydroxylamine groups is 2. The highest BCUT2D eigenvalue weighted by Gasteiger charge is 2.54. The van der Waals surface area contributed by atoms with Gasteiger partial charge in [-0.3, -0.25) is 14.3 Å². The van der Waals surface area contributed by atoms with Gasteiger partial charge in [0.1, 0.15) is 6.10 Å². The Balaban J connectivity index is 1.74. The molecule has 0 amide bonds. The fourth-order valence-electron chi connectivity index (χ4n) is 5.49. The Labute approximate surface area is 229 Å². The Bertz CT molecular complexity index is 1290. The number of aromatic amines is 1. The lowest BCUT2D eigenvalue weighted by Crippen LogP contribution is -2.67. The minimum absolute atomic E-state index is 0.00381. The standard InChI is InChI=1S/C29H38FN3O5Si/c1-5-6-18-33(36)26-23(38-27(25(26)30)32-19-17-24(34)31-28(32)35)20-37-39(29(2,3)4,21-13-9-7-10-14-21)22-15-11-8-12-16-22/h7-17,19,23,25-27,36H,5-6,18,20H2,1-4H3,(H,31,34,35)/t23-,25+,26-,27-/m1/s1. The summed E-state index contributed by atoms with van der Waals surface area (Å²) < 4.78 is 30.2. The van der Waals surface area contributed by atoms with E-state index in [1.54, 1.807) is 0 Å². The molecule has 0 saturated carbocycles. The highest BCUT2D eigenvalue weighted by Crippen LogP contribution is 2.39. The van der Waals surface area contributed by atoms with Crippen LogP contribution in [0.1, 0.15) is 46.8 Å². The molecule has 39 heavy (non-hydrogen) atoms. The second-order valence-electron chi connectivity index (χ2n) is 11.0. The highest BCUT2D eigenvalue weighted by atomic mass is 28.4. The Morgan fingerprint density at radius 2 is 1.64 bits per heavy atom. The predicted molar refractivity (Wildman–Crippen MR) is 151 cm³/mol. The van der Waals surface area contributed by atoms with E-state index in [9.17, 15) is 14.8 Å². The summed E-state index contributed by atoms with van der Waals surface area (Å²) in [6.45, 7) is 8.66. The van der Waals surface area contributed by atoms with Crippen LogP contribution in [0.5, 0.6) is 0 Å². The Morgan fingerprint density at radius 3 is 2.15 bits per heavy atom. The molecule has 2 aromatic carbocycles. The first-order valence-electron chi connectivity index (χ1n) is 13.4. The summed E-state index contributed by atoms with van der Waals surface area (Å²) in [7, 11) is -2.97. The number of unbranched alkanes of at least 4 members (excludes halogenated alkanes) is 1. The zero-order valence-electron chi connectivity index (χ0n) is 22.9. The number of benzene rings is 2. The average Bonchev–Trinajstić information content (AvgIpc) is 3.23. The first-order chi connectivity index (χ1) is 18.6. The van der Waals surface area contributed by atoms with Crippen LogP contribution in [0.25, 0.3) is 0 Å². The monoisotopic (exact) mass is 555 g/mol. The van der Waals surface area contributed by atoms with E-state index in [2.05, 4.69) is 50.0 Å². The molecule has 4 atom stereocenters. The maximum atomic E-state index is 16.0. The van der Waals surface area contributed by atoms with Crippen molar-refractivity contribution < 1.29 is 18.8 Å². The SMILES string of the molecule is CCCCN(O)[C@H]1[C@H](F)[C@H](n2ccc(=O)[nH]c2=O)O[C@@H]1CO[Si](c1ccccc1)(c1ccccc1)C(C)(C)C. The third-order valence-corrected chi connectivity index (χ3v) is 12.4.